The number of carbonyl (C=O) groups is 2. The van der Waals surface area contributed by atoms with Crippen LogP contribution in [0.1, 0.15) is 29.0 Å². The van der Waals surface area contributed by atoms with Crippen molar-refractivity contribution in [2.75, 3.05) is 5.32 Å². The van der Waals surface area contributed by atoms with Gasteiger partial charge in [-0.15, -0.1) is 0 Å². The van der Waals surface area contributed by atoms with E-state index in [1.807, 2.05) is 0 Å². The van der Waals surface area contributed by atoms with Gasteiger partial charge in [0.25, 0.3) is 0 Å². The fourth-order valence-corrected chi connectivity index (χ4v) is 2.08. The lowest BCUT2D eigenvalue weighted by molar-refractivity contribution is -0.137. The Bertz CT molecular complexity index is 789. The van der Waals surface area contributed by atoms with Gasteiger partial charge < -0.3 is 10.4 Å². The molecule has 2 rings (SSSR count). The summed E-state index contributed by atoms with van der Waals surface area (Å²) in [5.41, 5.74) is -1.41. The number of alkyl halides is 3. The van der Waals surface area contributed by atoms with Gasteiger partial charge in [0.15, 0.2) is 5.69 Å². The summed E-state index contributed by atoms with van der Waals surface area (Å²) in [5, 5.41) is 14.3. The zero-order valence-corrected chi connectivity index (χ0v) is 12.9. The number of nitrogens with one attached hydrogen (secondary N) is 1. The van der Waals surface area contributed by atoms with Gasteiger partial charge in [0.05, 0.1) is 10.6 Å². The number of aromatic carboxylic acids is 1. The lowest BCUT2D eigenvalue weighted by Crippen LogP contribution is -2.24. The van der Waals surface area contributed by atoms with Crippen molar-refractivity contribution in [2.24, 2.45) is 0 Å². The number of carboxylic acids is 1. The van der Waals surface area contributed by atoms with E-state index < -0.39 is 34.7 Å². The van der Waals surface area contributed by atoms with Crippen molar-refractivity contribution in [1.29, 1.82) is 0 Å². The maximum Gasteiger partial charge on any atom is 0.417 e. The molecule has 128 valence electrons. The normalized spacial score (nSPS) is 12.7. The highest BCUT2D eigenvalue weighted by Crippen LogP contribution is 2.36. The number of aromatic nitrogens is 2. The van der Waals surface area contributed by atoms with E-state index in [0.29, 0.717) is 0 Å². The number of halogens is 4. The molecule has 1 aromatic heterocycles. The molecule has 24 heavy (non-hydrogen) atoms. The maximum absolute atomic E-state index is 12.8. The molecule has 6 nitrogen and oxygen atoms in total. The van der Waals surface area contributed by atoms with E-state index in [1.54, 1.807) is 0 Å². The third-order valence-electron chi connectivity index (χ3n) is 3.14. The molecule has 10 heteroatoms. The number of carboxylic acid groups (broad SMARTS) is 1. The van der Waals surface area contributed by atoms with Gasteiger partial charge >= 0.3 is 12.1 Å². The third kappa shape index (κ3) is 3.85. The Hall–Kier alpha value is -2.55. The van der Waals surface area contributed by atoms with Crippen LogP contribution in [0.5, 0.6) is 0 Å². The van der Waals surface area contributed by atoms with Gasteiger partial charge in [-0.2, -0.15) is 18.3 Å². The van der Waals surface area contributed by atoms with Crippen LogP contribution >= 0.6 is 11.6 Å². The number of hydrogen-bond donors (Lipinski definition) is 2. The van der Waals surface area contributed by atoms with Crippen LogP contribution in [0.15, 0.2) is 30.5 Å². The average molecular weight is 362 g/mol. The van der Waals surface area contributed by atoms with E-state index >= 15 is 0 Å². The molecule has 0 aliphatic carbocycles. The molecule has 1 heterocycles. The summed E-state index contributed by atoms with van der Waals surface area (Å²) in [6.07, 6.45) is -3.36. The Balaban J connectivity index is 2.18. The minimum absolute atomic E-state index is 0.0887. The second-order valence-electron chi connectivity index (χ2n) is 4.84. The Labute approximate surface area is 138 Å². The SMILES string of the molecule is CC(C(=O)Nc1ccc(Cl)c(C(F)(F)F)c1)n1ccc(C(=O)O)n1. The average Bonchev–Trinajstić information content (AvgIpc) is 2.97. The summed E-state index contributed by atoms with van der Waals surface area (Å²) >= 11 is 5.51. The van der Waals surface area contributed by atoms with Crippen LogP contribution in [0.25, 0.3) is 0 Å². The summed E-state index contributed by atoms with van der Waals surface area (Å²) in [4.78, 5) is 22.9. The summed E-state index contributed by atoms with van der Waals surface area (Å²) < 4.78 is 39.5. The third-order valence-corrected chi connectivity index (χ3v) is 3.47. The fraction of sp³-hybridized carbons (Fsp3) is 0.214. The topological polar surface area (TPSA) is 84.2 Å². The maximum atomic E-state index is 12.8. The predicted octanol–water partition coefficient (Wildman–Crippen LogP) is 3.45. The Kier molecular flexibility index (Phi) is 4.83. The molecule has 0 bridgehead atoms. The molecular weight excluding hydrogens is 351 g/mol. The summed E-state index contributed by atoms with van der Waals surface area (Å²) in [7, 11) is 0. The highest BCUT2D eigenvalue weighted by atomic mass is 35.5. The van der Waals surface area contributed by atoms with Crippen LogP contribution in [-0.2, 0) is 11.0 Å². The van der Waals surface area contributed by atoms with E-state index in [1.165, 1.54) is 25.3 Å². The second-order valence-corrected chi connectivity index (χ2v) is 5.25. The van der Waals surface area contributed by atoms with Crippen molar-refractivity contribution in [3.63, 3.8) is 0 Å². The molecule has 0 saturated carbocycles. The molecule has 0 aliphatic rings. The molecule has 0 fully saturated rings. The minimum atomic E-state index is -4.65. The molecule has 0 aliphatic heterocycles. The first-order valence-corrected chi connectivity index (χ1v) is 6.93. The number of benzene rings is 1. The molecule has 2 aromatic rings. The first kappa shape index (κ1) is 17.8. The summed E-state index contributed by atoms with van der Waals surface area (Å²) in [6.45, 7) is 1.43. The van der Waals surface area contributed by atoms with Gasteiger partial charge in [-0.1, -0.05) is 11.6 Å². The van der Waals surface area contributed by atoms with E-state index in [4.69, 9.17) is 16.7 Å². The van der Waals surface area contributed by atoms with E-state index in [0.717, 1.165) is 16.8 Å². The molecule has 0 radical (unpaired) electrons. The summed E-state index contributed by atoms with van der Waals surface area (Å²) in [6, 6.07) is 3.26. The number of amides is 1. The largest absolute Gasteiger partial charge is 0.476 e. The van der Waals surface area contributed by atoms with E-state index in [9.17, 15) is 22.8 Å². The van der Waals surface area contributed by atoms with Gasteiger partial charge in [0.2, 0.25) is 5.91 Å². The number of hydrogen-bond acceptors (Lipinski definition) is 3. The lowest BCUT2D eigenvalue weighted by atomic mass is 10.2. The van der Waals surface area contributed by atoms with Crippen molar-refractivity contribution in [3.8, 4) is 0 Å². The van der Waals surface area contributed by atoms with Gasteiger partial charge in [-0.25, -0.2) is 4.79 Å². The Morgan fingerprint density at radius 2 is 2.00 bits per heavy atom. The zero-order chi connectivity index (χ0) is 18.1. The predicted molar refractivity (Wildman–Crippen MR) is 79.0 cm³/mol. The quantitative estimate of drug-likeness (QED) is 0.873. The Morgan fingerprint density at radius 3 is 2.54 bits per heavy atom. The molecular formula is C14H11ClF3N3O3. The number of carbonyl (C=O) groups excluding carboxylic acids is 1. The molecule has 1 atom stereocenters. The van der Waals surface area contributed by atoms with Crippen LogP contribution in [0.4, 0.5) is 18.9 Å². The smallest absolute Gasteiger partial charge is 0.417 e. The number of nitrogens with zero attached hydrogens (tertiary/aromatic N) is 2. The van der Waals surface area contributed by atoms with Crippen molar-refractivity contribution in [2.45, 2.75) is 19.1 Å². The molecule has 0 saturated heterocycles. The van der Waals surface area contributed by atoms with Crippen molar-refractivity contribution >= 4 is 29.2 Å². The van der Waals surface area contributed by atoms with Crippen molar-refractivity contribution < 1.29 is 27.9 Å². The van der Waals surface area contributed by atoms with Gasteiger partial charge in [-0.3, -0.25) is 9.48 Å². The van der Waals surface area contributed by atoms with Crippen LogP contribution < -0.4 is 5.32 Å². The van der Waals surface area contributed by atoms with Crippen LogP contribution in [0, 0.1) is 0 Å². The van der Waals surface area contributed by atoms with Gasteiger partial charge in [0, 0.05) is 11.9 Å². The standard InChI is InChI=1S/C14H11ClF3N3O3/c1-7(21-5-4-11(20-21)13(23)24)12(22)19-8-2-3-10(15)9(6-8)14(16,17)18/h2-7H,1H3,(H,19,22)(H,23,24). The van der Waals surface area contributed by atoms with Crippen molar-refractivity contribution in [1.82, 2.24) is 9.78 Å². The highest BCUT2D eigenvalue weighted by Gasteiger charge is 2.33. The minimum Gasteiger partial charge on any atom is -0.476 e. The monoisotopic (exact) mass is 361 g/mol. The lowest BCUT2D eigenvalue weighted by Gasteiger charge is -2.15. The van der Waals surface area contributed by atoms with Gasteiger partial charge in [-0.05, 0) is 31.2 Å². The van der Waals surface area contributed by atoms with E-state index in [-0.39, 0.29) is 11.4 Å². The van der Waals surface area contributed by atoms with Crippen LogP contribution in [0.2, 0.25) is 5.02 Å². The first-order valence-electron chi connectivity index (χ1n) is 6.55. The van der Waals surface area contributed by atoms with Crippen LogP contribution in [0.3, 0.4) is 0 Å². The number of anilines is 1. The second kappa shape index (κ2) is 6.52. The Morgan fingerprint density at radius 1 is 1.33 bits per heavy atom. The zero-order valence-electron chi connectivity index (χ0n) is 12.1. The molecule has 0 spiro atoms. The highest BCUT2D eigenvalue weighted by molar-refractivity contribution is 6.31. The van der Waals surface area contributed by atoms with E-state index in [2.05, 4.69) is 10.4 Å². The number of rotatable bonds is 4. The molecule has 2 N–H and O–H groups in total. The molecule has 1 aromatic carbocycles. The van der Waals surface area contributed by atoms with Crippen LogP contribution in [-0.4, -0.2) is 26.8 Å². The van der Waals surface area contributed by atoms with Gasteiger partial charge in [0.1, 0.15) is 6.04 Å². The molecule has 1 amide bonds. The van der Waals surface area contributed by atoms with Crippen molar-refractivity contribution in [3.05, 3.63) is 46.7 Å². The summed E-state index contributed by atoms with van der Waals surface area (Å²) in [5.74, 6) is -1.92. The fourth-order valence-electron chi connectivity index (χ4n) is 1.85. The first-order chi connectivity index (χ1) is 11.1. The molecule has 1 unspecified atom stereocenters.